The van der Waals surface area contributed by atoms with Gasteiger partial charge in [0, 0.05) is 25.0 Å². The SMILES string of the molecule is CC1(C(=O)NCc2ccc3c(c2)CNC3)CCCC1. The molecule has 0 aromatic heterocycles. The van der Waals surface area contributed by atoms with Crippen LogP contribution in [-0.4, -0.2) is 5.91 Å². The van der Waals surface area contributed by atoms with E-state index in [1.54, 1.807) is 0 Å². The van der Waals surface area contributed by atoms with Crippen LogP contribution in [0.5, 0.6) is 0 Å². The third-order valence-electron chi connectivity index (χ3n) is 4.61. The number of benzene rings is 1. The summed E-state index contributed by atoms with van der Waals surface area (Å²) in [6, 6.07) is 6.52. The van der Waals surface area contributed by atoms with Gasteiger partial charge in [0.05, 0.1) is 0 Å². The van der Waals surface area contributed by atoms with Crippen LogP contribution in [0.2, 0.25) is 0 Å². The topological polar surface area (TPSA) is 41.1 Å². The lowest BCUT2D eigenvalue weighted by Gasteiger charge is -2.22. The van der Waals surface area contributed by atoms with Crippen molar-refractivity contribution in [2.24, 2.45) is 5.41 Å². The first-order chi connectivity index (χ1) is 9.17. The molecule has 2 aliphatic rings. The first kappa shape index (κ1) is 12.7. The molecule has 19 heavy (non-hydrogen) atoms. The van der Waals surface area contributed by atoms with Crippen LogP contribution in [0.1, 0.15) is 49.3 Å². The second-order valence-corrected chi connectivity index (χ2v) is 6.16. The molecular formula is C16H22N2O. The second kappa shape index (κ2) is 4.97. The number of nitrogens with one attached hydrogen (secondary N) is 2. The molecule has 0 atom stereocenters. The predicted octanol–water partition coefficient (Wildman–Crippen LogP) is 2.49. The van der Waals surface area contributed by atoms with Crippen LogP contribution in [0.3, 0.4) is 0 Å². The normalized spacial score (nSPS) is 20.3. The maximum absolute atomic E-state index is 12.3. The number of hydrogen-bond donors (Lipinski definition) is 2. The average Bonchev–Trinajstić information content (AvgIpc) is 3.04. The molecule has 3 nitrogen and oxygen atoms in total. The predicted molar refractivity (Wildman–Crippen MR) is 75.4 cm³/mol. The van der Waals surface area contributed by atoms with E-state index in [1.165, 1.54) is 29.5 Å². The van der Waals surface area contributed by atoms with E-state index in [-0.39, 0.29) is 11.3 Å². The zero-order valence-corrected chi connectivity index (χ0v) is 11.6. The molecule has 3 rings (SSSR count). The molecule has 1 heterocycles. The van der Waals surface area contributed by atoms with Gasteiger partial charge in [-0.1, -0.05) is 38.0 Å². The minimum atomic E-state index is -0.127. The van der Waals surface area contributed by atoms with Gasteiger partial charge in [-0.25, -0.2) is 0 Å². The highest BCUT2D eigenvalue weighted by molar-refractivity contribution is 5.82. The molecule has 0 unspecified atom stereocenters. The van der Waals surface area contributed by atoms with E-state index in [9.17, 15) is 4.79 Å². The summed E-state index contributed by atoms with van der Waals surface area (Å²) in [7, 11) is 0. The zero-order valence-electron chi connectivity index (χ0n) is 11.6. The minimum absolute atomic E-state index is 0.127. The summed E-state index contributed by atoms with van der Waals surface area (Å²) < 4.78 is 0. The van der Waals surface area contributed by atoms with Gasteiger partial charge in [0.25, 0.3) is 0 Å². The molecule has 2 N–H and O–H groups in total. The zero-order chi connectivity index (χ0) is 13.3. The highest BCUT2D eigenvalue weighted by Crippen LogP contribution is 2.37. The molecule has 1 amide bonds. The Hall–Kier alpha value is -1.35. The van der Waals surface area contributed by atoms with E-state index >= 15 is 0 Å². The summed E-state index contributed by atoms with van der Waals surface area (Å²) in [6.07, 6.45) is 4.45. The van der Waals surface area contributed by atoms with Crippen molar-refractivity contribution in [1.82, 2.24) is 10.6 Å². The van der Waals surface area contributed by atoms with Crippen molar-refractivity contribution >= 4 is 5.91 Å². The lowest BCUT2D eigenvalue weighted by atomic mass is 9.88. The Labute approximate surface area is 114 Å². The second-order valence-electron chi connectivity index (χ2n) is 6.16. The number of amides is 1. The Balaban J connectivity index is 1.61. The van der Waals surface area contributed by atoms with Gasteiger partial charge < -0.3 is 10.6 Å². The van der Waals surface area contributed by atoms with Crippen LogP contribution in [0.15, 0.2) is 18.2 Å². The van der Waals surface area contributed by atoms with E-state index in [4.69, 9.17) is 0 Å². The summed E-state index contributed by atoms with van der Waals surface area (Å²) in [5, 5.41) is 6.46. The summed E-state index contributed by atoms with van der Waals surface area (Å²) >= 11 is 0. The van der Waals surface area contributed by atoms with E-state index in [0.29, 0.717) is 6.54 Å². The maximum Gasteiger partial charge on any atom is 0.226 e. The van der Waals surface area contributed by atoms with Crippen LogP contribution >= 0.6 is 0 Å². The first-order valence-electron chi connectivity index (χ1n) is 7.27. The molecular weight excluding hydrogens is 236 g/mol. The van der Waals surface area contributed by atoms with Crippen molar-refractivity contribution < 1.29 is 4.79 Å². The molecule has 0 spiro atoms. The molecule has 0 saturated heterocycles. The number of hydrogen-bond acceptors (Lipinski definition) is 2. The molecule has 1 aliphatic heterocycles. The molecule has 1 aromatic carbocycles. The van der Waals surface area contributed by atoms with Crippen molar-refractivity contribution in [2.45, 2.75) is 52.2 Å². The van der Waals surface area contributed by atoms with E-state index in [0.717, 1.165) is 25.9 Å². The lowest BCUT2D eigenvalue weighted by molar-refractivity contribution is -0.130. The van der Waals surface area contributed by atoms with Gasteiger partial charge in [-0.3, -0.25) is 4.79 Å². The van der Waals surface area contributed by atoms with Crippen LogP contribution in [0, 0.1) is 5.41 Å². The fraction of sp³-hybridized carbons (Fsp3) is 0.562. The number of carbonyl (C=O) groups is 1. The summed E-state index contributed by atoms with van der Waals surface area (Å²) in [5.41, 5.74) is 3.84. The summed E-state index contributed by atoms with van der Waals surface area (Å²) in [5.74, 6) is 0.226. The van der Waals surface area contributed by atoms with E-state index in [1.807, 2.05) is 0 Å². The van der Waals surface area contributed by atoms with Gasteiger partial charge in [0.15, 0.2) is 0 Å². The third-order valence-corrected chi connectivity index (χ3v) is 4.61. The molecule has 1 saturated carbocycles. The first-order valence-corrected chi connectivity index (χ1v) is 7.27. The van der Waals surface area contributed by atoms with Gasteiger partial charge >= 0.3 is 0 Å². The largest absolute Gasteiger partial charge is 0.352 e. The quantitative estimate of drug-likeness (QED) is 0.874. The third kappa shape index (κ3) is 2.52. The Morgan fingerprint density at radius 3 is 2.79 bits per heavy atom. The standard InChI is InChI=1S/C16H22N2O/c1-16(6-2-3-7-16)15(19)18-9-12-4-5-13-10-17-11-14(13)8-12/h4-5,8,17H,2-3,6-7,9-11H2,1H3,(H,18,19). The maximum atomic E-state index is 12.3. The van der Waals surface area contributed by atoms with Crippen molar-refractivity contribution in [1.29, 1.82) is 0 Å². The Kier molecular flexibility index (Phi) is 3.31. The van der Waals surface area contributed by atoms with Crippen LogP contribution in [0.4, 0.5) is 0 Å². The van der Waals surface area contributed by atoms with Gasteiger partial charge in [0.2, 0.25) is 5.91 Å². The van der Waals surface area contributed by atoms with Crippen LogP contribution < -0.4 is 10.6 Å². The van der Waals surface area contributed by atoms with E-state index in [2.05, 4.69) is 35.8 Å². The Bertz CT molecular complexity index is 490. The fourth-order valence-electron chi connectivity index (χ4n) is 3.24. The molecule has 0 radical (unpaired) electrons. The lowest BCUT2D eigenvalue weighted by Crippen LogP contribution is -2.36. The molecule has 102 valence electrons. The minimum Gasteiger partial charge on any atom is -0.352 e. The number of rotatable bonds is 3. The summed E-state index contributed by atoms with van der Waals surface area (Å²) in [6.45, 7) is 4.68. The Morgan fingerprint density at radius 1 is 1.26 bits per heavy atom. The van der Waals surface area contributed by atoms with Gasteiger partial charge in [-0.05, 0) is 29.5 Å². The van der Waals surface area contributed by atoms with Crippen molar-refractivity contribution in [3.63, 3.8) is 0 Å². The molecule has 1 aliphatic carbocycles. The van der Waals surface area contributed by atoms with Crippen molar-refractivity contribution in [2.75, 3.05) is 0 Å². The van der Waals surface area contributed by atoms with Gasteiger partial charge in [-0.15, -0.1) is 0 Å². The fourth-order valence-corrected chi connectivity index (χ4v) is 3.24. The molecule has 0 bridgehead atoms. The monoisotopic (exact) mass is 258 g/mol. The molecule has 1 fully saturated rings. The number of fused-ring (bicyclic) bond motifs is 1. The number of carbonyl (C=O) groups excluding carboxylic acids is 1. The smallest absolute Gasteiger partial charge is 0.226 e. The molecule has 1 aromatic rings. The van der Waals surface area contributed by atoms with E-state index < -0.39 is 0 Å². The van der Waals surface area contributed by atoms with Gasteiger partial charge in [0.1, 0.15) is 0 Å². The van der Waals surface area contributed by atoms with Crippen molar-refractivity contribution in [3.8, 4) is 0 Å². The summed E-state index contributed by atoms with van der Waals surface area (Å²) in [4.78, 5) is 12.3. The highest BCUT2D eigenvalue weighted by atomic mass is 16.2. The van der Waals surface area contributed by atoms with Crippen LogP contribution in [-0.2, 0) is 24.4 Å². The van der Waals surface area contributed by atoms with Crippen LogP contribution in [0.25, 0.3) is 0 Å². The molecule has 3 heteroatoms. The Morgan fingerprint density at radius 2 is 2.00 bits per heavy atom. The highest BCUT2D eigenvalue weighted by Gasteiger charge is 2.35. The van der Waals surface area contributed by atoms with Gasteiger partial charge in [-0.2, -0.15) is 0 Å². The van der Waals surface area contributed by atoms with Crippen molar-refractivity contribution in [3.05, 3.63) is 34.9 Å². The average molecular weight is 258 g/mol.